The molecule has 0 amide bonds. The Morgan fingerprint density at radius 2 is 2.12 bits per heavy atom. The minimum absolute atomic E-state index is 0.133. The molecule has 16 heavy (non-hydrogen) atoms. The molecule has 0 aliphatic carbocycles. The van der Waals surface area contributed by atoms with Gasteiger partial charge in [0.2, 0.25) is 15.9 Å². The monoisotopic (exact) mass is 316 g/mol. The number of hydrogen-bond acceptors (Lipinski definition) is 4. The van der Waals surface area contributed by atoms with E-state index < -0.39 is 32.8 Å². The highest BCUT2D eigenvalue weighted by atomic mass is 79.9. The molecule has 1 heterocycles. The third kappa shape index (κ3) is 2.47. The maximum atomic E-state index is 12.7. The summed E-state index contributed by atoms with van der Waals surface area (Å²) in [6, 6.07) is 0. The molecule has 0 bridgehead atoms. The molecule has 5 nitrogen and oxygen atoms in total. The lowest BCUT2D eigenvalue weighted by Crippen LogP contribution is -2.17. The quantitative estimate of drug-likeness (QED) is 0.914. The minimum Gasteiger partial charge on any atom is -0.481 e. The van der Waals surface area contributed by atoms with E-state index in [1.165, 1.54) is 0 Å². The fourth-order valence-electron chi connectivity index (χ4n) is 1.11. The third-order valence-corrected chi connectivity index (χ3v) is 3.56. The largest absolute Gasteiger partial charge is 0.481 e. The smallest absolute Gasteiger partial charge is 0.270 e. The average Bonchev–Trinajstić information content (AvgIpc) is 2.15. The van der Waals surface area contributed by atoms with Gasteiger partial charge in [0, 0.05) is 6.20 Å². The Morgan fingerprint density at radius 3 is 2.50 bits per heavy atom. The molecule has 0 fully saturated rings. The first-order chi connectivity index (χ1) is 7.29. The second-order valence-electron chi connectivity index (χ2n) is 2.70. The van der Waals surface area contributed by atoms with Gasteiger partial charge in [-0.3, -0.25) is 0 Å². The van der Waals surface area contributed by atoms with Crippen LogP contribution in [-0.4, -0.2) is 20.5 Å². The highest BCUT2D eigenvalue weighted by Crippen LogP contribution is 2.36. The number of alkyl halides is 2. The van der Waals surface area contributed by atoms with Gasteiger partial charge in [0.15, 0.2) is 0 Å². The first-order valence-electron chi connectivity index (χ1n) is 3.82. The number of rotatable bonds is 3. The molecule has 0 saturated heterocycles. The SMILES string of the molecule is COc1ncc(Br)c(S(N)(=O)=O)c1C(F)F. The van der Waals surface area contributed by atoms with Gasteiger partial charge in [0.05, 0.1) is 11.6 Å². The first kappa shape index (κ1) is 13.3. The van der Waals surface area contributed by atoms with Gasteiger partial charge in [-0.15, -0.1) is 0 Å². The second kappa shape index (κ2) is 4.60. The molecule has 0 saturated carbocycles. The standard InChI is InChI=1S/C7H7BrF2N2O3S/c1-15-7-4(6(9)10)5(16(11,13)14)3(8)2-12-7/h2,6H,1H3,(H2,11,13,14). The van der Waals surface area contributed by atoms with Gasteiger partial charge < -0.3 is 4.74 Å². The van der Waals surface area contributed by atoms with Gasteiger partial charge in [0.1, 0.15) is 10.5 Å². The Hall–Kier alpha value is -0.800. The van der Waals surface area contributed by atoms with Gasteiger partial charge in [-0.25, -0.2) is 27.3 Å². The molecule has 0 aliphatic heterocycles. The highest BCUT2D eigenvalue weighted by molar-refractivity contribution is 9.10. The fourth-order valence-corrected chi connectivity index (χ4v) is 2.91. The van der Waals surface area contributed by atoms with Crippen molar-refractivity contribution in [2.45, 2.75) is 11.3 Å². The number of nitrogens with two attached hydrogens (primary N) is 1. The van der Waals surface area contributed by atoms with Crippen LogP contribution in [0.4, 0.5) is 8.78 Å². The summed E-state index contributed by atoms with van der Waals surface area (Å²) < 4.78 is 52.2. The van der Waals surface area contributed by atoms with E-state index in [0.29, 0.717) is 0 Å². The molecule has 90 valence electrons. The van der Waals surface area contributed by atoms with Crippen LogP contribution in [0.3, 0.4) is 0 Å². The number of aromatic nitrogens is 1. The fraction of sp³-hybridized carbons (Fsp3) is 0.286. The van der Waals surface area contributed by atoms with Crippen molar-refractivity contribution in [2.24, 2.45) is 5.14 Å². The summed E-state index contributed by atoms with van der Waals surface area (Å²) in [6.07, 6.45) is -2.03. The predicted molar refractivity (Wildman–Crippen MR) is 54.8 cm³/mol. The van der Waals surface area contributed by atoms with Crippen molar-refractivity contribution in [1.82, 2.24) is 4.98 Å². The Labute approximate surface area is 98.8 Å². The van der Waals surface area contributed by atoms with Crippen LogP contribution >= 0.6 is 15.9 Å². The number of methoxy groups -OCH3 is 1. The van der Waals surface area contributed by atoms with Crippen LogP contribution in [0.1, 0.15) is 12.0 Å². The van der Waals surface area contributed by atoms with Crippen molar-refractivity contribution in [3.8, 4) is 5.88 Å². The topological polar surface area (TPSA) is 82.3 Å². The number of hydrogen-bond donors (Lipinski definition) is 1. The van der Waals surface area contributed by atoms with Crippen molar-refractivity contribution in [2.75, 3.05) is 7.11 Å². The lowest BCUT2D eigenvalue weighted by Gasteiger charge is -2.12. The van der Waals surface area contributed by atoms with E-state index in [1.807, 2.05) is 0 Å². The maximum Gasteiger partial charge on any atom is 0.270 e. The lowest BCUT2D eigenvalue weighted by atomic mass is 10.3. The van der Waals surface area contributed by atoms with Crippen LogP contribution in [0, 0.1) is 0 Å². The van der Waals surface area contributed by atoms with Crippen molar-refractivity contribution in [1.29, 1.82) is 0 Å². The molecule has 2 N–H and O–H groups in total. The zero-order valence-corrected chi connectivity index (χ0v) is 10.3. The summed E-state index contributed by atoms with van der Waals surface area (Å²) in [4.78, 5) is 2.81. The van der Waals surface area contributed by atoms with Gasteiger partial charge in [-0.05, 0) is 15.9 Å². The number of ether oxygens (including phenoxy) is 1. The molecule has 9 heteroatoms. The van der Waals surface area contributed by atoms with E-state index in [-0.39, 0.29) is 4.47 Å². The summed E-state index contributed by atoms with van der Waals surface area (Å²) >= 11 is 2.80. The van der Waals surface area contributed by atoms with Crippen LogP contribution in [0.25, 0.3) is 0 Å². The Balaban J connectivity index is 3.69. The van der Waals surface area contributed by atoms with E-state index >= 15 is 0 Å². The van der Waals surface area contributed by atoms with E-state index in [9.17, 15) is 17.2 Å². The second-order valence-corrected chi connectivity index (χ2v) is 5.06. The number of nitrogens with zero attached hydrogens (tertiary/aromatic N) is 1. The molecular weight excluding hydrogens is 310 g/mol. The molecule has 0 aliphatic rings. The predicted octanol–water partition coefficient (Wildman–Crippen LogP) is 1.44. The first-order valence-corrected chi connectivity index (χ1v) is 6.16. The Bertz CT molecular complexity index is 507. The van der Waals surface area contributed by atoms with Crippen molar-refractivity contribution in [3.63, 3.8) is 0 Å². The van der Waals surface area contributed by atoms with Crippen molar-refractivity contribution >= 4 is 26.0 Å². The summed E-state index contributed by atoms with van der Waals surface area (Å²) in [5.41, 5.74) is -0.848. The number of sulfonamides is 1. The number of halogens is 3. The number of pyridine rings is 1. The minimum atomic E-state index is -4.29. The maximum absolute atomic E-state index is 12.7. The molecular formula is C7H7BrF2N2O3S. The van der Waals surface area contributed by atoms with Crippen molar-refractivity contribution in [3.05, 3.63) is 16.2 Å². The molecule has 1 aromatic rings. The summed E-state index contributed by atoms with van der Waals surface area (Å²) in [6.45, 7) is 0. The third-order valence-electron chi connectivity index (χ3n) is 1.68. The average molecular weight is 317 g/mol. The normalized spacial score (nSPS) is 11.9. The zero-order valence-electron chi connectivity index (χ0n) is 7.95. The van der Waals surface area contributed by atoms with Crippen LogP contribution in [0.2, 0.25) is 0 Å². The van der Waals surface area contributed by atoms with E-state index in [2.05, 4.69) is 25.7 Å². The van der Waals surface area contributed by atoms with Gasteiger partial charge >= 0.3 is 0 Å². The zero-order chi connectivity index (χ0) is 12.5. The van der Waals surface area contributed by atoms with Gasteiger partial charge in [0.25, 0.3) is 6.43 Å². The molecule has 0 atom stereocenters. The molecule has 0 radical (unpaired) electrons. The van der Waals surface area contributed by atoms with Crippen LogP contribution in [-0.2, 0) is 10.0 Å². The van der Waals surface area contributed by atoms with Crippen molar-refractivity contribution < 1.29 is 21.9 Å². The molecule has 0 spiro atoms. The summed E-state index contributed by atoms with van der Waals surface area (Å²) in [5.74, 6) is -0.470. The lowest BCUT2D eigenvalue weighted by molar-refractivity contribution is 0.142. The molecule has 0 unspecified atom stereocenters. The molecule has 1 rings (SSSR count). The van der Waals surface area contributed by atoms with Crippen LogP contribution in [0.15, 0.2) is 15.6 Å². The summed E-state index contributed by atoms with van der Waals surface area (Å²) in [5, 5.41) is 4.85. The van der Waals surface area contributed by atoms with Gasteiger partial charge in [-0.2, -0.15) is 0 Å². The molecule has 0 aromatic carbocycles. The van der Waals surface area contributed by atoms with Gasteiger partial charge in [-0.1, -0.05) is 0 Å². The van der Waals surface area contributed by atoms with Crippen LogP contribution in [0.5, 0.6) is 5.88 Å². The Kier molecular flexibility index (Phi) is 3.81. The van der Waals surface area contributed by atoms with E-state index in [1.54, 1.807) is 0 Å². The summed E-state index contributed by atoms with van der Waals surface area (Å²) in [7, 11) is -3.18. The van der Waals surface area contributed by atoms with Crippen LogP contribution < -0.4 is 9.88 Å². The molecule has 1 aromatic heterocycles. The van der Waals surface area contributed by atoms with E-state index in [4.69, 9.17) is 5.14 Å². The Morgan fingerprint density at radius 1 is 1.56 bits per heavy atom. The number of primary sulfonamides is 1. The van der Waals surface area contributed by atoms with E-state index in [0.717, 1.165) is 13.3 Å². The highest BCUT2D eigenvalue weighted by Gasteiger charge is 2.28.